The highest BCUT2D eigenvalue weighted by Crippen LogP contribution is 2.34. The Morgan fingerprint density at radius 2 is 1.95 bits per heavy atom. The normalized spacial score (nSPS) is 10.3. The Morgan fingerprint density at radius 3 is 2.58 bits per heavy atom. The first kappa shape index (κ1) is 13.9. The van der Waals surface area contributed by atoms with Gasteiger partial charge in [-0.25, -0.2) is 0 Å². The standard InChI is InChI=1S/C14H11BrClNO2/c1-8(18)9-2-5-13(12(17)6-9)19-14-7-10(16)3-4-11(14)15/h2-7H,17H2,1H3. The van der Waals surface area contributed by atoms with Crippen molar-refractivity contribution in [3.63, 3.8) is 0 Å². The number of nitrogen functional groups attached to an aromatic ring is 1. The van der Waals surface area contributed by atoms with Gasteiger partial charge in [-0.3, -0.25) is 4.79 Å². The van der Waals surface area contributed by atoms with Gasteiger partial charge in [0.15, 0.2) is 5.78 Å². The molecular formula is C14H11BrClNO2. The molecule has 0 heterocycles. The number of carbonyl (C=O) groups is 1. The third kappa shape index (κ3) is 3.28. The van der Waals surface area contributed by atoms with Gasteiger partial charge in [0.05, 0.1) is 10.2 Å². The van der Waals surface area contributed by atoms with Crippen LogP contribution in [0.3, 0.4) is 0 Å². The second kappa shape index (κ2) is 5.63. The third-order valence-corrected chi connectivity index (χ3v) is 3.42. The van der Waals surface area contributed by atoms with Crippen molar-refractivity contribution in [2.24, 2.45) is 0 Å². The molecule has 0 aliphatic carbocycles. The van der Waals surface area contributed by atoms with Gasteiger partial charge in [0.2, 0.25) is 0 Å². The molecule has 0 radical (unpaired) electrons. The average molecular weight is 341 g/mol. The summed E-state index contributed by atoms with van der Waals surface area (Å²) < 4.78 is 6.46. The number of rotatable bonds is 3. The molecule has 0 atom stereocenters. The maximum Gasteiger partial charge on any atom is 0.159 e. The zero-order chi connectivity index (χ0) is 14.0. The molecule has 2 rings (SSSR count). The number of benzene rings is 2. The fourth-order valence-corrected chi connectivity index (χ4v) is 2.02. The van der Waals surface area contributed by atoms with Crippen LogP contribution in [0, 0.1) is 0 Å². The second-order valence-corrected chi connectivity index (χ2v) is 5.28. The topological polar surface area (TPSA) is 52.3 Å². The number of nitrogens with two attached hydrogens (primary N) is 1. The van der Waals surface area contributed by atoms with Crippen molar-refractivity contribution < 1.29 is 9.53 Å². The van der Waals surface area contributed by atoms with E-state index in [0.29, 0.717) is 27.8 Å². The van der Waals surface area contributed by atoms with Gasteiger partial charge in [-0.05, 0) is 53.2 Å². The fraction of sp³-hybridized carbons (Fsp3) is 0.0714. The van der Waals surface area contributed by atoms with Gasteiger partial charge in [-0.1, -0.05) is 11.6 Å². The Bertz CT molecular complexity index is 643. The molecule has 0 spiro atoms. The predicted octanol–water partition coefficient (Wildman–Crippen LogP) is 4.68. The molecule has 2 N–H and O–H groups in total. The van der Waals surface area contributed by atoms with Crippen LogP contribution in [0.4, 0.5) is 5.69 Å². The Labute approximate surface area is 124 Å². The fourth-order valence-electron chi connectivity index (χ4n) is 1.53. The van der Waals surface area contributed by atoms with E-state index in [1.807, 2.05) is 0 Å². The Morgan fingerprint density at radius 1 is 1.21 bits per heavy atom. The van der Waals surface area contributed by atoms with Crippen molar-refractivity contribution in [2.45, 2.75) is 6.92 Å². The summed E-state index contributed by atoms with van der Waals surface area (Å²) in [4.78, 5) is 11.2. The largest absolute Gasteiger partial charge is 0.454 e. The van der Waals surface area contributed by atoms with Crippen molar-refractivity contribution in [1.82, 2.24) is 0 Å². The molecule has 0 amide bonds. The molecule has 0 aliphatic rings. The highest BCUT2D eigenvalue weighted by atomic mass is 79.9. The van der Waals surface area contributed by atoms with E-state index in [2.05, 4.69) is 15.9 Å². The molecule has 0 aromatic heterocycles. The lowest BCUT2D eigenvalue weighted by Gasteiger charge is -2.11. The SMILES string of the molecule is CC(=O)c1ccc(Oc2cc(Cl)ccc2Br)c(N)c1. The van der Waals surface area contributed by atoms with Crippen LogP contribution in [0.5, 0.6) is 11.5 Å². The van der Waals surface area contributed by atoms with Gasteiger partial charge in [0.25, 0.3) is 0 Å². The Balaban J connectivity index is 2.33. The Hall–Kier alpha value is -1.52. The van der Waals surface area contributed by atoms with E-state index in [4.69, 9.17) is 22.1 Å². The number of ketones is 1. The minimum atomic E-state index is -0.0396. The summed E-state index contributed by atoms with van der Waals surface area (Å²) in [6.07, 6.45) is 0. The molecule has 98 valence electrons. The van der Waals surface area contributed by atoms with Crippen molar-refractivity contribution in [2.75, 3.05) is 5.73 Å². The number of carbonyl (C=O) groups excluding carboxylic acids is 1. The van der Waals surface area contributed by atoms with E-state index in [1.165, 1.54) is 6.92 Å². The van der Waals surface area contributed by atoms with Crippen LogP contribution in [-0.4, -0.2) is 5.78 Å². The quantitative estimate of drug-likeness (QED) is 0.652. The van der Waals surface area contributed by atoms with Crippen LogP contribution in [0.2, 0.25) is 5.02 Å². The summed E-state index contributed by atoms with van der Waals surface area (Å²) >= 11 is 9.28. The molecule has 0 fully saturated rings. The zero-order valence-corrected chi connectivity index (χ0v) is 12.5. The van der Waals surface area contributed by atoms with Crippen LogP contribution in [0.1, 0.15) is 17.3 Å². The number of halogens is 2. The second-order valence-electron chi connectivity index (χ2n) is 3.99. The highest BCUT2D eigenvalue weighted by Gasteiger charge is 2.08. The minimum absolute atomic E-state index is 0.0396. The molecular weight excluding hydrogens is 330 g/mol. The summed E-state index contributed by atoms with van der Waals surface area (Å²) in [6.45, 7) is 1.49. The number of hydrogen-bond donors (Lipinski definition) is 1. The van der Waals surface area contributed by atoms with E-state index in [9.17, 15) is 4.79 Å². The number of Topliss-reactive ketones (excluding diaryl/α,β-unsaturated/α-hetero) is 1. The number of ether oxygens (including phenoxy) is 1. The first-order chi connectivity index (χ1) is 8.97. The lowest BCUT2D eigenvalue weighted by atomic mass is 10.1. The van der Waals surface area contributed by atoms with E-state index >= 15 is 0 Å². The first-order valence-corrected chi connectivity index (χ1v) is 6.68. The number of hydrogen-bond acceptors (Lipinski definition) is 3. The van der Waals surface area contributed by atoms with Gasteiger partial charge in [-0.2, -0.15) is 0 Å². The molecule has 19 heavy (non-hydrogen) atoms. The summed E-state index contributed by atoms with van der Waals surface area (Å²) in [7, 11) is 0. The summed E-state index contributed by atoms with van der Waals surface area (Å²) in [5, 5.41) is 0.567. The zero-order valence-electron chi connectivity index (χ0n) is 10.1. The smallest absolute Gasteiger partial charge is 0.159 e. The van der Waals surface area contributed by atoms with Crippen LogP contribution in [0.25, 0.3) is 0 Å². The lowest BCUT2D eigenvalue weighted by Crippen LogP contribution is -1.97. The van der Waals surface area contributed by atoms with Gasteiger partial charge < -0.3 is 10.5 Å². The predicted molar refractivity (Wildman–Crippen MR) is 80.1 cm³/mol. The minimum Gasteiger partial charge on any atom is -0.454 e. The summed E-state index contributed by atoms with van der Waals surface area (Å²) in [5.74, 6) is 1.00. The summed E-state index contributed by atoms with van der Waals surface area (Å²) in [5.41, 5.74) is 6.82. The average Bonchev–Trinajstić information content (AvgIpc) is 2.36. The van der Waals surface area contributed by atoms with Crippen LogP contribution in [0.15, 0.2) is 40.9 Å². The summed E-state index contributed by atoms with van der Waals surface area (Å²) in [6, 6.07) is 10.2. The lowest BCUT2D eigenvalue weighted by molar-refractivity contribution is 0.101. The highest BCUT2D eigenvalue weighted by molar-refractivity contribution is 9.10. The van der Waals surface area contributed by atoms with Gasteiger partial charge in [0, 0.05) is 16.7 Å². The molecule has 0 saturated heterocycles. The van der Waals surface area contributed by atoms with E-state index in [1.54, 1.807) is 36.4 Å². The molecule has 5 heteroatoms. The Kier molecular flexibility index (Phi) is 4.12. The molecule has 3 nitrogen and oxygen atoms in total. The third-order valence-electron chi connectivity index (χ3n) is 2.53. The van der Waals surface area contributed by atoms with Crippen molar-refractivity contribution in [3.8, 4) is 11.5 Å². The van der Waals surface area contributed by atoms with E-state index in [0.717, 1.165) is 4.47 Å². The maximum atomic E-state index is 11.2. The van der Waals surface area contributed by atoms with E-state index in [-0.39, 0.29) is 5.78 Å². The molecule has 0 saturated carbocycles. The molecule has 0 unspecified atom stereocenters. The van der Waals surface area contributed by atoms with Crippen molar-refractivity contribution >= 4 is 39.0 Å². The van der Waals surface area contributed by atoms with Gasteiger partial charge >= 0.3 is 0 Å². The van der Waals surface area contributed by atoms with Crippen molar-refractivity contribution in [1.29, 1.82) is 0 Å². The molecule has 2 aromatic carbocycles. The monoisotopic (exact) mass is 339 g/mol. The molecule has 2 aromatic rings. The molecule has 0 aliphatic heterocycles. The van der Waals surface area contributed by atoms with Crippen LogP contribution in [-0.2, 0) is 0 Å². The number of anilines is 1. The first-order valence-electron chi connectivity index (χ1n) is 5.51. The van der Waals surface area contributed by atoms with Crippen LogP contribution < -0.4 is 10.5 Å². The van der Waals surface area contributed by atoms with Gasteiger partial charge in [0.1, 0.15) is 11.5 Å². The van der Waals surface area contributed by atoms with E-state index < -0.39 is 0 Å². The van der Waals surface area contributed by atoms with Gasteiger partial charge in [-0.15, -0.1) is 0 Å². The maximum absolute atomic E-state index is 11.2. The van der Waals surface area contributed by atoms with Crippen LogP contribution >= 0.6 is 27.5 Å². The van der Waals surface area contributed by atoms with Crippen molar-refractivity contribution in [3.05, 3.63) is 51.5 Å². The molecule has 0 bridgehead atoms.